The fourth-order valence-corrected chi connectivity index (χ4v) is 1.19. The van der Waals surface area contributed by atoms with Crippen molar-refractivity contribution in [1.82, 2.24) is 9.88 Å². The minimum absolute atomic E-state index is 0.0244. The molecule has 1 aromatic rings. The van der Waals surface area contributed by atoms with Gasteiger partial charge < -0.3 is 14.6 Å². The number of carbonyl (C=O) groups is 1. The van der Waals surface area contributed by atoms with E-state index in [1.165, 1.54) is 19.4 Å². The SMILES string of the molecule is C=C(C(=O)c1c(OC)cc[nH]c1=O)N(C)C. The number of aromatic amines is 1. The standard InChI is InChI=1S/C11H14N2O3/c1-7(13(2)3)10(14)9-8(16-4)5-6-12-11(9)15/h5-6H,1H2,2-4H3,(H,12,15). The number of methoxy groups -OCH3 is 1. The number of hydrogen-bond donors (Lipinski definition) is 1. The average molecular weight is 222 g/mol. The van der Waals surface area contributed by atoms with E-state index in [0.29, 0.717) is 0 Å². The van der Waals surface area contributed by atoms with E-state index in [2.05, 4.69) is 11.6 Å². The highest BCUT2D eigenvalue weighted by atomic mass is 16.5. The zero-order chi connectivity index (χ0) is 12.3. The summed E-state index contributed by atoms with van der Waals surface area (Å²) in [7, 11) is 4.78. The number of carbonyl (C=O) groups excluding carboxylic acids is 1. The van der Waals surface area contributed by atoms with Crippen molar-refractivity contribution in [3.05, 3.63) is 40.5 Å². The third kappa shape index (κ3) is 2.13. The number of rotatable bonds is 4. The number of nitrogens with one attached hydrogen (secondary N) is 1. The predicted octanol–water partition coefficient (Wildman–Crippen LogP) is 0.641. The van der Waals surface area contributed by atoms with Crippen molar-refractivity contribution < 1.29 is 9.53 Å². The first-order chi connectivity index (χ1) is 7.49. The maximum Gasteiger partial charge on any atom is 0.263 e. The Kier molecular flexibility index (Phi) is 3.50. The number of nitrogens with zero attached hydrogens (tertiary/aromatic N) is 1. The zero-order valence-electron chi connectivity index (χ0n) is 9.53. The fraction of sp³-hybridized carbons (Fsp3) is 0.273. The van der Waals surface area contributed by atoms with Gasteiger partial charge >= 0.3 is 0 Å². The summed E-state index contributed by atoms with van der Waals surface area (Å²) in [6, 6.07) is 1.53. The molecule has 0 aliphatic heterocycles. The molecule has 5 heteroatoms. The van der Waals surface area contributed by atoms with Crippen LogP contribution in [0.2, 0.25) is 0 Å². The molecule has 16 heavy (non-hydrogen) atoms. The van der Waals surface area contributed by atoms with E-state index in [-0.39, 0.29) is 17.0 Å². The van der Waals surface area contributed by atoms with E-state index in [9.17, 15) is 9.59 Å². The van der Waals surface area contributed by atoms with Gasteiger partial charge in [0.1, 0.15) is 11.3 Å². The van der Waals surface area contributed by atoms with Crippen LogP contribution >= 0.6 is 0 Å². The number of allylic oxidation sites excluding steroid dienone is 1. The lowest BCUT2D eigenvalue weighted by Gasteiger charge is -2.14. The van der Waals surface area contributed by atoms with Crippen LogP contribution in [0.5, 0.6) is 5.75 Å². The molecule has 0 unspecified atom stereocenters. The first-order valence-corrected chi connectivity index (χ1v) is 4.65. The minimum Gasteiger partial charge on any atom is -0.496 e. The van der Waals surface area contributed by atoms with Crippen LogP contribution in [-0.4, -0.2) is 36.9 Å². The van der Waals surface area contributed by atoms with Crippen molar-refractivity contribution in [2.45, 2.75) is 0 Å². The largest absolute Gasteiger partial charge is 0.496 e. The van der Waals surface area contributed by atoms with Gasteiger partial charge in [-0.15, -0.1) is 0 Å². The second-order valence-corrected chi connectivity index (χ2v) is 3.42. The van der Waals surface area contributed by atoms with E-state index in [1.807, 2.05) is 0 Å². The van der Waals surface area contributed by atoms with Crippen molar-refractivity contribution in [3.8, 4) is 5.75 Å². The quantitative estimate of drug-likeness (QED) is 0.600. The second kappa shape index (κ2) is 4.65. The lowest BCUT2D eigenvalue weighted by atomic mass is 10.1. The first-order valence-electron chi connectivity index (χ1n) is 4.65. The molecule has 1 rings (SSSR count). The van der Waals surface area contributed by atoms with Crippen molar-refractivity contribution in [2.75, 3.05) is 21.2 Å². The summed E-state index contributed by atoms with van der Waals surface area (Å²) in [5, 5.41) is 0. The number of H-pyrrole nitrogens is 1. The predicted molar refractivity (Wildman–Crippen MR) is 60.8 cm³/mol. The van der Waals surface area contributed by atoms with E-state index >= 15 is 0 Å². The maximum absolute atomic E-state index is 11.9. The molecule has 0 radical (unpaired) electrons. The molecular weight excluding hydrogens is 208 g/mol. The van der Waals surface area contributed by atoms with Gasteiger partial charge in [0.05, 0.1) is 12.8 Å². The van der Waals surface area contributed by atoms with Crippen LogP contribution in [0.25, 0.3) is 0 Å². The molecular formula is C11H14N2O3. The molecule has 0 saturated carbocycles. The minimum atomic E-state index is -0.479. The van der Waals surface area contributed by atoms with Crippen LogP contribution in [0.15, 0.2) is 29.3 Å². The van der Waals surface area contributed by atoms with Crippen LogP contribution in [0.3, 0.4) is 0 Å². The molecule has 0 spiro atoms. The summed E-state index contributed by atoms with van der Waals surface area (Å²) >= 11 is 0. The van der Waals surface area contributed by atoms with Crippen molar-refractivity contribution in [3.63, 3.8) is 0 Å². The third-order valence-electron chi connectivity index (χ3n) is 2.17. The molecule has 86 valence electrons. The first kappa shape index (κ1) is 12.0. The molecule has 1 heterocycles. The Labute approximate surface area is 93.3 Å². The van der Waals surface area contributed by atoms with Crippen LogP contribution in [-0.2, 0) is 0 Å². The second-order valence-electron chi connectivity index (χ2n) is 3.42. The smallest absolute Gasteiger partial charge is 0.263 e. The summed E-state index contributed by atoms with van der Waals surface area (Å²) in [6.45, 7) is 3.62. The van der Waals surface area contributed by atoms with Crippen LogP contribution in [0, 0.1) is 0 Å². The molecule has 1 aromatic heterocycles. The normalized spacial score (nSPS) is 9.69. The molecule has 0 bridgehead atoms. The van der Waals surface area contributed by atoms with Crippen molar-refractivity contribution in [2.24, 2.45) is 0 Å². The Morgan fingerprint density at radius 1 is 1.50 bits per heavy atom. The van der Waals surface area contributed by atoms with Gasteiger partial charge in [0, 0.05) is 20.3 Å². The number of aromatic nitrogens is 1. The highest BCUT2D eigenvalue weighted by Crippen LogP contribution is 2.16. The highest BCUT2D eigenvalue weighted by molar-refractivity contribution is 6.09. The number of Topliss-reactive ketones (excluding diaryl/α,β-unsaturated/α-hetero) is 1. The van der Waals surface area contributed by atoms with E-state index in [4.69, 9.17) is 4.74 Å². The summed E-state index contributed by atoms with van der Waals surface area (Å²) in [4.78, 5) is 27.5. The van der Waals surface area contributed by atoms with E-state index in [1.54, 1.807) is 19.0 Å². The molecule has 0 amide bonds. The number of likely N-dealkylation sites (N-methyl/N-ethyl adjacent to an activating group) is 1. The molecule has 0 aliphatic carbocycles. The fourth-order valence-electron chi connectivity index (χ4n) is 1.19. The Bertz CT molecular complexity index is 474. The van der Waals surface area contributed by atoms with Gasteiger partial charge in [-0.25, -0.2) is 0 Å². The van der Waals surface area contributed by atoms with Gasteiger partial charge in [0.2, 0.25) is 5.78 Å². The molecule has 0 fully saturated rings. The summed E-state index contributed by atoms with van der Waals surface area (Å²) in [5.41, 5.74) is -0.272. The summed E-state index contributed by atoms with van der Waals surface area (Å²) in [5.74, 6) is -0.194. The lowest BCUT2D eigenvalue weighted by Crippen LogP contribution is -2.25. The molecule has 0 aromatic carbocycles. The van der Waals surface area contributed by atoms with Gasteiger partial charge in [0.25, 0.3) is 5.56 Å². The van der Waals surface area contributed by atoms with Gasteiger partial charge in [-0.1, -0.05) is 6.58 Å². The van der Waals surface area contributed by atoms with Gasteiger partial charge in [-0.3, -0.25) is 9.59 Å². The van der Waals surface area contributed by atoms with Crippen molar-refractivity contribution in [1.29, 1.82) is 0 Å². The average Bonchev–Trinajstić information content (AvgIpc) is 2.26. The third-order valence-corrected chi connectivity index (χ3v) is 2.17. The van der Waals surface area contributed by atoms with Crippen LogP contribution < -0.4 is 10.3 Å². The molecule has 0 atom stereocenters. The highest BCUT2D eigenvalue weighted by Gasteiger charge is 2.20. The van der Waals surface area contributed by atoms with Gasteiger partial charge in [-0.05, 0) is 6.07 Å². The Morgan fingerprint density at radius 2 is 2.12 bits per heavy atom. The Morgan fingerprint density at radius 3 is 2.62 bits per heavy atom. The number of ether oxygens (including phenoxy) is 1. The Hall–Kier alpha value is -2.04. The van der Waals surface area contributed by atoms with Gasteiger partial charge in [-0.2, -0.15) is 0 Å². The van der Waals surface area contributed by atoms with E-state index < -0.39 is 11.3 Å². The number of ketones is 1. The number of hydrogen-bond acceptors (Lipinski definition) is 4. The van der Waals surface area contributed by atoms with Crippen molar-refractivity contribution >= 4 is 5.78 Å². The summed E-state index contributed by atoms with van der Waals surface area (Å²) < 4.78 is 4.98. The van der Waals surface area contributed by atoms with Crippen LogP contribution in [0.1, 0.15) is 10.4 Å². The van der Waals surface area contributed by atoms with Crippen LogP contribution in [0.4, 0.5) is 0 Å². The molecule has 5 nitrogen and oxygen atoms in total. The lowest BCUT2D eigenvalue weighted by molar-refractivity contribution is 0.100. The van der Waals surface area contributed by atoms with Gasteiger partial charge in [0.15, 0.2) is 0 Å². The topological polar surface area (TPSA) is 62.4 Å². The molecule has 0 saturated heterocycles. The summed E-state index contributed by atoms with van der Waals surface area (Å²) in [6.07, 6.45) is 1.43. The Balaban J connectivity index is 3.28. The maximum atomic E-state index is 11.9. The number of pyridine rings is 1. The van der Waals surface area contributed by atoms with E-state index in [0.717, 1.165) is 0 Å². The molecule has 1 N–H and O–H groups in total. The zero-order valence-corrected chi connectivity index (χ0v) is 9.53. The molecule has 0 aliphatic rings. The monoisotopic (exact) mass is 222 g/mol.